The van der Waals surface area contributed by atoms with Gasteiger partial charge >= 0.3 is 5.63 Å². The van der Waals surface area contributed by atoms with Crippen molar-refractivity contribution < 1.29 is 18.0 Å². The van der Waals surface area contributed by atoms with Gasteiger partial charge < -0.3 is 14.2 Å². The van der Waals surface area contributed by atoms with Crippen LogP contribution in [0.5, 0.6) is 0 Å². The Morgan fingerprint density at radius 3 is 2.47 bits per heavy atom. The first kappa shape index (κ1) is 21.5. The van der Waals surface area contributed by atoms with Gasteiger partial charge in [-0.1, -0.05) is 30.3 Å². The normalized spacial score (nSPS) is 11.1. The molecule has 174 valence electrons. The molecule has 6 rings (SSSR count). The molecule has 0 saturated heterocycles. The number of hydrogen-bond acceptors (Lipinski definition) is 5. The van der Waals surface area contributed by atoms with Gasteiger partial charge in [0.25, 0.3) is 5.91 Å². The molecule has 0 atom stereocenters. The minimum absolute atomic E-state index is 0.342. The SMILES string of the molecule is O=C(Nc1ccc2oc(-c3ccc(F)cc3)nc2c1)c1cccc(-c2cc3ccccc3oc2=O)c1. The molecule has 6 aromatic rings. The standard InChI is InChI=1S/C29H17FN2O4/c30-21-10-8-17(9-11-21)28-32-24-16-22(12-13-26(24)35-28)31-27(33)20-6-3-5-18(14-20)23-15-19-4-1-2-7-25(19)36-29(23)34/h1-16H,(H,31,33). The van der Waals surface area contributed by atoms with E-state index in [-0.39, 0.29) is 11.7 Å². The molecule has 0 aliphatic carbocycles. The van der Waals surface area contributed by atoms with E-state index in [9.17, 15) is 14.0 Å². The molecule has 0 fully saturated rings. The van der Waals surface area contributed by atoms with Crippen molar-refractivity contribution in [2.45, 2.75) is 0 Å². The molecule has 0 radical (unpaired) electrons. The van der Waals surface area contributed by atoms with E-state index < -0.39 is 5.63 Å². The van der Waals surface area contributed by atoms with Crippen LogP contribution < -0.4 is 10.9 Å². The Bertz CT molecular complexity index is 1820. The van der Waals surface area contributed by atoms with Gasteiger partial charge in [-0.15, -0.1) is 0 Å². The molecule has 1 amide bonds. The maximum absolute atomic E-state index is 13.2. The predicted octanol–water partition coefficient (Wildman–Crippen LogP) is 6.66. The summed E-state index contributed by atoms with van der Waals surface area (Å²) in [5.74, 6) is -0.329. The zero-order valence-corrected chi connectivity index (χ0v) is 18.7. The summed E-state index contributed by atoms with van der Waals surface area (Å²) in [4.78, 5) is 30.0. The van der Waals surface area contributed by atoms with Crippen LogP contribution in [0.15, 0.2) is 111 Å². The lowest BCUT2D eigenvalue weighted by Crippen LogP contribution is -2.12. The van der Waals surface area contributed by atoms with E-state index in [2.05, 4.69) is 10.3 Å². The first-order valence-corrected chi connectivity index (χ1v) is 11.1. The van der Waals surface area contributed by atoms with E-state index in [4.69, 9.17) is 8.83 Å². The number of anilines is 1. The summed E-state index contributed by atoms with van der Waals surface area (Å²) >= 11 is 0. The van der Waals surface area contributed by atoms with Gasteiger partial charge in [0.05, 0.1) is 5.56 Å². The third-order valence-corrected chi connectivity index (χ3v) is 5.81. The number of nitrogens with one attached hydrogen (secondary N) is 1. The number of hydrogen-bond donors (Lipinski definition) is 1. The first-order valence-electron chi connectivity index (χ1n) is 11.1. The molecule has 2 aromatic heterocycles. The molecule has 6 nitrogen and oxygen atoms in total. The van der Waals surface area contributed by atoms with E-state index >= 15 is 0 Å². The average Bonchev–Trinajstić information content (AvgIpc) is 3.32. The summed E-state index contributed by atoms with van der Waals surface area (Å²) in [6.45, 7) is 0. The molecule has 0 bridgehead atoms. The van der Waals surface area contributed by atoms with Crippen LogP contribution in [-0.2, 0) is 0 Å². The second-order valence-electron chi connectivity index (χ2n) is 8.23. The molecule has 7 heteroatoms. The van der Waals surface area contributed by atoms with Crippen molar-refractivity contribution in [1.29, 1.82) is 0 Å². The van der Waals surface area contributed by atoms with E-state index in [1.54, 1.807) is 72.8 Å². The van der Waals surface area contributed by atoms with Crippen LogP contribution in [0.25, 0.3) is 44.7 Å². The minimum atomic E-state index is -0.472. The third kappa shape index (κ3) is 4.03. The largest absolute Gasteiger partial charge is 0.436 e. The monoisotopic (exact) mass is 476 g/mol. The Balaban J connectivity index is 1.27. The summed E-state index contributed by atoms with van der Waals surface area (Å²) in [6.07, 6.45) is 0. The molecular formula is C29H17FN2O4. The van der Waals surface area contributed by atoms with Crippen LogP contribution >= 0.6 is 0 Å². The number of nitrogens with zero attached hydrogens (tertiary/aromatic N) is 1. The molecule has 0 saturated carbocycles. The number of halogens is 1. The number of carbonyl (C=O) groups excluding carboxylic acids is 1. The van der Waals surface area contributed by atoms with Crippen LogP contribution in [0.2, 0.25) is 0 Å². The fraction of sp³-hybridized carbons (Fsp3) is 0. The van der Waals surface area contributed by atoms with E-state index in [0.29, 0.717) is 50.5 Å². The van der Waals surface area contributed by atoms with Crippen molar-refractivity contribution in [3.05, 3.63) is 119 Å². The number of para-hydroxylation sites is 1. The van der Waals surface area contributed by atoms with Crippen molar-refractivity contribution in [2.75, 3.05) is 5.32 Å². The second kappa shape index (κ2) is 8.63. The molecule has 0 aliphatic heterocycles. The van der Waals surface area contributed by atoms with Crippen LogP contribution in [0.3, 0.4) is 0 Å². The van der Waals surface area contributed by atoms with Gasteiger partial charge in [-0.25, -0.2) is 14.2 Å². The van der Waals surface area contributed by atoms with Gasteiger partial charge in [0, 0.05) is 22.2 Å². The number of fused-ring (bicyclic) bond motifs is 2. The van der Waals surface area contributed by atoms with E-state index in [0.717, 1.165) is 5.39 Å². The molecule has 4 aromatic carbocycles. The number of oxazole rings is 1. The van der Waals surface area contributed by atoms with Gasteiger partial charge in [0.15, 0.2) is 5.58 Å². The molecule has 0 aliphatic rings. The Labute approximate surface area is 203 Å². The van der Waals surface area contributed by atoms with Crippen LogP contribution in [-0.4, -0.2) is 10.9 Å². The summed E-state index contributed by atoms with van der Waals surface area (Å²) in [5.41, 5.74) is 3.64. The molecule has 36 heavy (non-hydrogen) atoms. The molecule has 2 heterocycles. The molecule has 1 N–H and O–H groups in total. The van der Waals surface area contributed by atoms with Crippen molar-refractivity contribution in [1.82, 2.24) is 4.98 Å². The van der Waals surface area contributed by atoms with Crippen molar-refractivity contribution >= 4 is 33.7 Å². The summed E-state index contributed by atoms with van der Waals surface area (Å²) in [6, 6.07) is 26.8. The lowest BCUT2D eigenvalue weighted by molar-refractivity contribution is 0.102. The highest BCUT2D eigenvalue weighted by Gasteiger charge is 2.13. The van der Waals surface area contributed by atoms with Crippen LogP contribution in [0.1, 0.15) is 10.4 Å². The highest BCUT2D eigenvalue weighted by Crippen LogP contribution is 2.27. The Morgan fingerprint density at radius 2 is 1.61 bits per heavy atom. The van der Waals surface area contributed by atoms with Crippen LogP contribution in [0.4, 0.5) is 10.1 Å². The van der Waals surface area contributed by atoms with Crippen molar-refractivity contribution in [3.63, 3.8) is 0 Å². The number of carbonyl (C=O) groups is 1. The average molecular weight is 476 g/mol. The fourth-order valence-corrected chi connectivity index (χ4v) is 4.02. The number of rotatable bonds is 4. The molecular weight excluding hydrogens is 459 g/mol. The Kier molecular flexibility index (Phi) is 5.15. The molecule has 0 spiro atoms. The highest BCUT2D eigenvalue weighted by molar-refractivity contribution is 6.05. The van der Waals surface area contributed by atoms with Gasteiger partial charge in [-0.3, -0.25) is 4.79 Å². The van der Waals surface area contributed by atoms with Gasteiger partial charge in [0.1, 0.15) is 16.9 Å². The quantitative estimate of drug-likeness (QED) is 0.288. The van der Waals surface area contributed by atoms with Gasteiger partial charge in [-0.2, -0.15) is 0 Å². The summed E-state index contributed by atoms with van der Waals surface area (Å²) in [5, 5.41) is 3.65. The van der Waals surface area contributed by atoms with E-state index in [1.807, 2.05) is 12.1 Å². The maximum Gasteiger partial charge on any atom is 0.344 e. The summed E-state index contributed by atoms with van der Waals surface area (Å²) < 4.78 is 24.4. The van der Waals surface area contributed by atoms with Crippen LogP contribution in [0, 0.1) is 5.82 Å². The smallest absolute Gasteiger partial charge is 0.344 e. The highest BCUT2D eigenvalue weighted by atomic mass is 19.1. The van der Waals surface area contributed by atoms with E-state index in [1.165, 1.54) is 12.1 Å². The zero-order valence-electron chi connectivity index (χ0n) is 18.7. The number of aromatic nitrogens is 1. The number of benzene rings is 4. The third-order valence-electron chi connectivity index (χ3n) is 5.81. The first-order chi connectivity index (χ1) is 17.5. The lowest BCUT2D eigenvalue weighted by atomic mass is 10.0. The fourth-order valence-electron chi connectivity index (χ4n) is 4.02. The number of amides is 1. The Morgan fingerprint density at radius 1 is 0.778 bits per heavy atom. The molecule has 0 unspecified atom stereocenters. The van der Waals surface area contributed by atoms with Gasteiger partial charge in [-0.05, 0) is 72.3 Å². The predicted molar refractivity (Wildman–Crippen MR) is 135 cm³/mol. The minimum Gasteiger partial charge on any atom is -0.436 e. The van der Waals surface area contributed by atoms with Gasteiger partial charge in [0.2, 0.25) is 5.89 Å². The maximum atomic E-state index is 13.2. The van der Waals surface area contributed by atoms with Crippen molar-refractivity contribution in [3.8, 4) is 22.6 Å². The van der Waals surface area contributed by atoms with Crippen molar-refractivity contribution in [2.24, 2.45) is 0 Å². The lowest BCUT2D eigenvalue weighted by Gasteiger charge is -2.07. The Hall–Kier alpha value is -5.04. The second-order valence-corrected chi connectivity index (χ2v) is 8.23. The summed E-state index contributed by atoms with van der Waals surface area (Å²) in [7, 11) is 0. The zero-order chi connectivity index (χ0) is 24.6. The topological polar surface area (TPSA) is 85.3 Å².